The zero-order chi connectivity index (χ0) is 12.8. The van der Waals surface area contributed by atoms with E-state index < -0.39 is 0 Å². The van der Waals surface area contributed by atoms with Gasteiger partial charge in [0.1, 0.15) is 6.10 Å². The Morgan fingerprint density at radius 2 is 2.12 bits per heavy atom. The Labute approximate surface area is 112 Å². The van der Waals surface area contributed by atoms with Crippen molar-refractivity contribution < 1.29 is 9.53 Å². The summed E-state index contributed by atoms with van der Waals surface area (Å²) in [5.74, 6) is 0.0403. The maximum absolute atomic E-state index is 12.0. The van der Waals surface area contributed by atoms with Gasteiger partial charge in [-0.25, -0.2) is 0 Å². The first-order valence-corrected chi connectivity index (χ1v) is 6.33. The first-order valence-electron chi connectivity index (χ1n) is 5.58. The molecule has 0 heterocycles. The smallest absolute Gasteiger partial charge is 0.165 e. The highest BCUT2D eigenvalue weighted by atomic mass is 35.5. The molecule has 0 N–H and O–H groups in total. The fraction of sp³-hybridized carbons (Fsp3) is 0.462. The molecule has 1 aromatic rings. The van der Waals surface area contributed by atoms with Gasteiger partial charge in [0, 0.05) is 23.6 Å². The van der Waals surface area contributed by atoms with E-state index in [9.17, 15) is 4.79 Å². The Morgan fingerprint density at radius 1 is 1.41 bits per heavy atom. The van der Waals surface area contributed by atoms with Crippen LogP contribution in [-0.2, 0) is 16.0 Å². The minimum absolute atomic E-state index is 0.0403. The van der Waals surface area contributed by atoms with Crippen molar-refractivity contribution in [2.75, 3.05) is 7.11 Å². The lowest BCUT2D eigenvalue weighted by Gasteiger charge is -2.13. The highest BCUT2D eigenvalue weighted by Gasteiger charge is 2.18. The van der Waals surface area contributed by atoms with E-state index in [4.69, 9.17) is 27.9 Å². The summed E-state index contributed by atoms with van der Waals surface area (Å²) >= 11 is 11.9. The molecule has 1 aromatic carbocycles. The molecule has 1 rings (SSSR count). The third kappa shape index (κ3) is 4.30. The van der Waals surface area contributed by atoms with E-state index in [1.165, 1.54) is 0 Å². The summed E-state index contributed by atoms with van der Waals surface area (Å²) in [7, 11) is 1.55. The second-order valence-electron chi connectivity index (χ2n) is 3.89. The van der Waals surface area contributed by atoms with Crippen molar-refractivity contribution >= 4 is 29.0 Å². The molecule has 0 aliphatic rings. The molecule has 0 aliphatic heterocycles. The standard InChI is InChI=1S/C13H16Cl2O2/c1-3-4-13(17-2)12(16)8-9-7-10(14)5-6-11(9)15/h5-7,13H,3-4,8H2,1-2H3. The lowest BCUT2D eigenvalue weighted by molar-refractivity contribution is -0.128. The van der Waals surface area contributed by atoms with Crippen LogP contribution in [-0.4, -0.2) is 19.0 Å². The van der Waals surface area contributed by atoms with Gasteiger partial charge in [0.05, 0.1) is 0 Å². The number of ketones is 1. The molecule has 17 heavy (non-hydrogen) atoms. The van der Waals surface area contributed by atoms with Crippen LogP contribution in [0.5, 0.6) is 0 Å². The number of Topliss-reactive ketones (excluding diaryl/α,β-unsaturated/α-hetero) is 1. The number of hydrogen-bond donors (Lipinski definition) is 0. The lowest BCUT2D eigenvalue weighted by atomic mass is 10.0. The van der Waals surface area contributed by atoms with Crippen molar-refractivity contribution in [1.29, 1.82) is 0 Å². The first kappa shape index (κ1) is 14.5. The van der Waals surface area contributed by atoms with Gasteiger partial charge < -0.3 is 4.74 Å². The van der Waals surface area contributed by atoms with E-state index >= 15 is 0 Å². The van der Waals surface area contributed by atoms with Crippen LogP contribution in [0.1, 0.15) is 25.3 Å². The average molecular weight is 275 g/mol. The predicted molar refractivity (Wildman–Crippen MR) is 70.9 cm³/mol. The monoisotopic (exact) mass is 274 g/mol. The number of halogens is 2. The van der Waals surface area contributed by atoms with E-state index in [1.807, 2.05) is 6.92 Å². The largest absolute Gasteiger partial charge is 0.374 e. The highest BCUT2D eigenvalue weighted by molar-refractivity contribution is 6.33. The summed E-state index contributed by atoms with van der Waals surface area (Å²) in [5.41, 5.74) is 0.752. The first-order chi connectivity index (χ1) is 8.08. The number of carbonyl (C=O) groups is 1. The van der Waals surface area contributed by atoms with Crippen molar-refractivity contribution in [2.45, 2.75) is 32.3 Å². The molecule has 94 valence electrons. The van der Waals surface area contributed by atoms with Crippen LogP contribution < -0.4 is 0 Å². The molecule has 0 aliphatic carbocycles. The molecule has 4 heteroatoms. The summed E-state index contributed by atoms with van der Waals surface area (Å²) in [6, 6.07) is 5.13. The predicted octanol–water partition coefficient (Wildman–Crippen LogP) is 3.92. The van der Waals surface area contributed by atoms with Crippen LogP contribution in [0.3, 0.4) is 0 Å². The van der Waals surface area contributed by atoms with E-state index in [0.29, 0.717) is 10.0 Å². The quantitative estimate of drug-likeness (QED) is 0.786. The lowest BCUT2D eigenvalue weighted by Crippen LogP contribution is -2.24. The Balaban J connectivity index is 2.76. The molecule has 1 unspecified atom stereocenters. The Hall–Kier alpha value is -0.570. The number of hydrogen-bond acceptors (Lipinski definition) is 2. The van der Waals surface area contributed by atoms with Crippen LogP contribution in [0.4, 0.5) is 0 Å². The molecule has 2 nitrogen and oxygen atoms in total. The van der Waals surface area contributed by atoms with Gasteiger partial charge in [-0.05, 0) is 30.2 Å². The number of benzene rings is 1. The summed E-state index contributed by atoms with van der Waals surface area (Å²) in [6.45, 7) is 2.02. The zero-order valence-corrected chi connectivity index (χ0v) is 11.5. The molecule has 0 saturated carbocycles. The van der Waals surface area contributed by atoms with Gasteiger partial charge in [-0.2, -0.15) is 0 Å². The van der Waals surface area contributed by atoms with Crippen molar-refractivity contribution in [3.05, 3.63) is 33.8 Å². The maximum Gasteiger partial charge on any atom is 0.165 e. The van der Waals surface area contributed by atoms with Crippen LogP contribution in [0.25, 0.3) is 0 Å². The molecule has 0 fully saturated rings. The van der Waals surface area contributed by atoms with Gasteiger partial charge in [0.2, 0.25) is 0 Å². The van der Waals surface area contributed by atoms with Gasteiger partial charge in [0.15, 0.2) is 5.78 Å². The Morgan fingerprint density at radius 3 is 2.71 bits per heavy atom. The molecule has 1 atom stereocenters. The molecular formula is C13H16Cl2O2. The van der Waals surface area contributed by atoms with Crippen molar-refractivity contribution in [3.63, 3.8) is 0 Å². The van der Waals surface area contributed by atoms with Crippen LogP contribution >= 0.6 is 23.2 Å². The number of ether oxygens (including phenoxy) is 1. The normalized spacial score (nSPS) is 12.5. The molecule has 0 spiro atoms. The number of methoxy groups -OCH3 is 1. The molecule has 0 radical (unpaired) electrons. The van der Waals surface area contributed by atoms with Gasteiger partial charge >= 0.3 is 0 Å². The second-order valence-corrected chi connectivity index (χ2v) is 4.74. The molecule has 0 saturated heterocycles. The fourth-order valence-electron chi connectivity index (χ4n) is 1.65. The highest BCUT2D eigenvalue weighted by Crippen LogP contribution is 2.22. The van der Waals surface area contributed by atoms with Crippen molar-refractivity contribution in [2.24, 2.45) is 0 Å². The third-order valence-corrected chi connectivity index (χ3v) is 3.17. The second kappa shape index (κ2) is 7.00. The summed E-state index contributed by atoms with van der Waals surface area (Å²) < 4.78 is 5.17. The minimum atomic E-state index is -0.352. The van der Waals surface area contributed by atoms with Crippen molar-refractivity contribution in [3.8, 4) is 0 Å². The Kier molecular flexibility index (Phi) is 5.96. The van der Waals surface area contributed by atoms with Gasteiger partial charge in [-0.3, -0.25) is 4.79 Å². The van der Waals surface area contributed by atoms with Crippen molar-refractivity contribution in [1.82, 2.24) is 0 Å². The molecule has 0 aromatic heterocycles. The van der Waals surface area contributed by atoms with E-state index in [2.05, 4.69) is 0 Å². The number of carbonyl (C=O) groups excluding carboxylic acids is 1. The van der Waals surface area contributed by atoms with E-state index in [0.717, 1.165) is 18.4 Å². The fourth-order valence-corrected chi connectivity index (χ4v) is 2.03. The average Bonchev–Trinajstić information content (AvgIpc) is 2.30. The number of rotatable bonds is 6. The van der Waals surface area contributed by atoms with Crippen LogP contribution in [0, 0.1) is 0 Å². The van der Waals surface area contributed by atoms with Crippen LogP contribution in [0.15, 0.2) is 18.2 Å². The Bertz CT molecular complexity index is 391. The van der Waals surface area contributed by atoms with E-state index in [1.54, 1.807) is 25.3 Å². The van der Waals surface area contributed by atoms with E-state index in [-0.39, 0.29) is 18.3 Å². The molecular weight excluding hydrogens is 259 g/mol. The summed E-state index contributed by atoms with van der Waals surface area (Å²) in [5, 5.41) is 1.15. The zero-order valence-electron chi connectivity index (χ0n) is 10.0. The topological polar surface area (TPSA) is 26.3 Å². The third-order valence-electron chi connectivity index (χ3n) is 2.57. The summed E-state index contributed by atoms with van der Waals surface area (Å²) in [4.78, 5) is 12.0. The molecule has 0 bridgehead atoms. The summed E-state index contributed by atoms with van der Waals surface area (Å²) in [6.07, 6.45) is 1.55. The maximum atomic E-state index is 12.0. The minimum Gasteiger partial charge on any atom is -0.374 e. The SMILES string of the molecule is CCCC(OC)C(=O)Cc1cc(Cl)ccc1Cl. The van der Waals surface area contributed by atoms with Gasteiger partial charge in [-0.1, -0.05) is 36.5 Å². The van der Waals surface area contributed by atoms with Crippen LogP contribution in [0.2, 0.25) is 10.0 Å². The van der Waals surface area contributed by atoms with Gasteiger partial charge in [-0.15, -0.1) is 0 Å². The van der Waals surface area contributed by atoms with Gasteiger partial charge in [0.25, 0.3) is 0 Å². The molecule has 0 amide bonds.